The number of halogens is 2. The molecule has 0 amide bonds. The third-order valence-electron chi connectivity index (χ3n) is 7.45. The van der Waals surface area contributed by atoms with Crippen molar-refractivity contribution < 1.29 is 38.4 Å². The van der Waals surface area contributed by atoms with Crippen LogP contribution < -0.4 is 5.73 Å². The number of nitrogen functional groups attached to an aromatic ring is 1. The van der Waals surface area contributed by atoms with Crippen LogP contribution in [0.2, 0.25) is 5.28 Å². The van der Waals surface area contributed by atoms with Gasteiger partial charge in [0.05, 0.1) is 13.4 Å². The summed E-state index contributed by atoms with van der Waals surface area (Å²) in [7, 11) is 1.01. The quantitative estimate of drug-likeness (QED) is 0.158. The zero-order valence-electron chi connectivity index (χ0n) is 21.3. The van der Waals surface area contributed by atoms with Gasteiger partial charge in [0.15, 0.2) is 29.5 Å². The average molecular weight is 584 g/mol. The smallest absolute Gasteiger partial charge is 0.350 e. The third kappa shape index (κ3) is 4.20. The van der Waals surface area contributed by atoms with Crippen LogP contribution in [0.15, 0.2) is 60.9 Å². The van der Waals surface area contributed by atoms with E-state index < -0.39 is 54.2 Å². The lowest BCUT2D eigenvalue weighted by molar-refractivity contribution is -0.196. The van der Waals surface area contributed by atoms with E-state index in [4.69, 9.17) is 31.5 Å². The van der Waals surface area contributed by atoms with Gasteiger partial charge in [0, 0.05) is 6.42 Å². The number of anilines is 1. The number of methoxy groups -OCH3 is 1. The minimum Gasteiger partial charge on any atom is -0.479 e. The molecule has 6 atom stereocenters. The predicted octanol–water partition coefficient (Wildman–Crippen LogP) is 2.33. The van der Waals surface area contributed by atoms with E-state index in [1.54, 1.807) is 24.3 Å². The standard InChI is InChI=1S/C27H23ClFN5O7/c1-39-24(37)26(23(35)36,11-13-7-9-15(10-8-13)14-5-3-2-4-6-14)41-19-18-27(19,38)17(29)22(40-18)34-12-31-16-20(30)32-25(28)33-21(16)34/h2-10,12,17-19,22,38H,11H2,1H3,(H,35,36)(H2,30,32,33)/t17-,18-,19?,22-,26?,27+/m1/s1. The molecular weight excluding hydrogens is 561 g/mol. The normalized spacial score (nSPS) is 26.3. The monoisotopic (exact) mass is 583 g/mol. The first-order valence-corrected chi connectivity index (χ1v) is 12.8. The van der Waals surface area contributed by atoms with Crippen molar-refractivity contribution in [2.75, 3.05) is 12.8 Å². The molecule has 212 valence electrons. The van der Waals surface area contributed by atoms with Gasteiger partial charge in [-0.15, -0.1) is 0 Å². The number of carboxylic acid groups (broad SMARTS) is 1. The molecular formula is C27H23ClFN5O7. The summed E-state index contributed by atoms with van der Waals surface area (Å²) < 4.78 is 33.2. The molecule has 2 aliphatic rings. The van der Waals surface area contributed by atoms with Gasteiger partial charge in [-0.3, -0.25) is 4.57 Å². The third-order valence-corrected chi connectivity index (χ3v) is 7.62. The highest BCUT2D eigenvalue weighted by Gasteiger charge is 2.80. The summed E-state index contributed by atoms with van der Waals surface area (Å²) in [6.45, 7) is 0. The number of hydrogen-bond donors (Lipinski definition) is 3. The number of alkyl halides is 1. The van der Waals surface area contributed by atoms with Crippen molar-refractivity contribution >= 4 is 40.5 Å². The van der Waals surface area contributed by atoms with Crippen molar-refractivity contribution in [1.82, 2.24) is 19.5 Å². The van der Waals surface area contributed by atoms with E-state index >= 15 is 4.39 Å². The Labute approximate surface area is 236 Å². The number of carboxylic acids is 1. The topological polar surface area (TPSA) is 172 Å². The number of carbonyl (C=O) groups excluding carboxylic acids is 1. The summed E-state index contributed by atoms with van der Waals surface area (Å²) in [5.41, 5.74) is 3.44. The van der Waals surface area contributed by atoms with Crippen LogP contribution in [0.4, 0.5) is 10.2 Å². The molecule has 1 saturated heterocycles. The van der Waals surface area contributed by atoms with E-state index in [0.29, 0.717) is 5.56 Å². The van der Waals surface area contributed by atoms with Crippen molar-refractivity contribution in [2.24, 2.45) is 0 Å². The van der Waals surface area contributed by atoms with Crippen LogP contribution in [0.5, 0.6) is 0 Å². The molecule has 2 fully saturated rings. The second-order valence-corrected chi connectivity index (χ2v) is 10.2. The highest BCUT2D eigenvalue weighted by atomic mass is 35.5. The molecule has 2 unspecified atom stereocenters. The Balaban J connectivity index is 1.26. The maximum Gasteiger partial charge on any atom is 0.350 e. The van der Waals surface area contributed by atoms with Crippen LogP contribution in [0.1, 0.15) is 11.8 Å². The SMILES string of the molecule is COC(=O)C(Cc1ccc(-c2ccccc2)cc1)(OC1[C@H]2O[C@@H](n3cnc4c(N)nc(Cl)nc43)[C@@H](F)[C@@]12O)C(=O)O. The summed E-state index contributed by atoms with van der Waals surface area (Å²) >= 11 is 5.89. The fraction of sp³-hybridized carbons (Fsp3) is 0.296. The first-order chi connectivity index (χ1) is 19.6. The zero-order chi connectivity index (χ0) is 29.1. The van der Waals surface area contributed by atoms with Gasteiger partial charge < -0.3 is 30.2 Å². The number of nitrogens with zero attached hydrogens (tertiary/aromatic N) is 4. The fourth-order valence-corrected chi connectivity index (χ4v) is 5.39. The van der Waals surface area contributed by atoms with Gasteiger partial charge >= 0.3 is 11.9 Å². The van der Waals surface area contributed by atoms with Gasteiger partial charge in [-0.1, -0.05) is 54.6 Å². The summed E-state index contributed by atoms with van der Waals surface area (Å²) in [6.07, 6.45) is -5.58. The van der Waals surface area contributed by atoms with Crippen molar-refractivity contribution in [3.05, 3.63) is 71.8 Å². The van der Waals surface area contributed by atoms with Gasteiger partial charge in [0.2, 0.25) is 5.28 Å². The van der Waals surface area contributed by atoms with E-state index in [0.717, 1.165) is 18.2 Å². The van der Waals surface area contributed by atoms with Crippen molar-refractivity contribution in [2.45, 2.75) is 42.2 Å². The average Bonchev–Trinajstić information content (AvgIpc) is 3.20. The number of aliphatic carboxylic acids is 1. The number of benzene rings is 2. The minimum atomic E-state index is -2.59. The van der Waals surface area contributed by atoms with Crippen LogP contribution in [-0.4, -0.2) is 78.4 Å². The van der Waals surface area contributed by atoms with E-state index in [2.05, 4.69) is 15.0 Å². The Kier molecular flexibility index (Phi) is 6.41. The summed E-state index contributed by atoms with van der Waals surface area (Å²) in [6, 6.07) is 16.4. The molecule has 14 heteroatoms. The second kappa shape index (κ2) is 9.73. The lowest BCUT2D eigenvalue weighted by Crippen LogP contribution is -2.54. The molecule has 4 aromatic rings. The lowest BCUT2D eigenvalue weighted by atomic mass is 9.92. The van der Waals surface area contributed by atoms with Gasteiger partial charge in [0.25, 0.3) is 5.60 Å². The number of aliphatic hydroxyl groups is 1. The summed E-state index contributed by atoms with van der Waals surface area (Å²) in [5.74, 6) is -2.92. The maximum atomic E-state index is 15.8. The maximum absolute atomic E-state index is 15.8. The van der Waals surface area contributed by atoms with E-state index in [-0.39, 0.29) is 22.3 Å². The molecule has 2 aromatic heterocycles. The molecule has 0 bridgehead atoms. The Bertz CT molecular complexity index is 1660. The Morgan fingerprint density at radius 1 is 1.17 bits per heavy atom. The molecule has 1 saturated carbocycles. The van der Waals surface area contributed by atoms with Crippen LogP contribution in [-0.2, 0) is 30.2 Å². The van der Waals surface area contributed by atoms with Gasteiger partial charge in [-0.2, -0.15) is 9.97 Å². The number of aromatic nitrogens is 4. The molecule has 0 radical (unpaired) electrons. The molecule has 41 heavy (non-hydrogen) atoms. The molecule has 3 heterocycles. The molecule has 1 aliphatic carbocycles. The van der Waals surface area contributed by atoms with E-state index in [1.165, 1.54) is 10.9 Å². The van der Waals surface area contributed by atoms with Gasteiger partial charge in [-0.05, 0) is 28.3 Å². The molecule has 2 aromatic carbocycles. The molecule has 1 aliphatic heterocycles. The first-order valence-electron chi connectivity index (χ1n) is 12.4. The van der Waals surface area contributed by atoms with Gasteiger partial charge in [0.1, 0.15) is 17.7 Å². The first kappa shape index (κ1) is 27.0. The number of ether oxygens (including phenoxy) is 3. The molecule has 4 N–H and O–H groups in total. The number of carbonyl (C=O) groups is 2. The Morgan fingerprint density at radius 2 is 1.85 bits per heavy atom. The Morgan fingerprint density at radius 3 is 2.46 bits per heavy atom. The molecule has 12 nitrogen and oxygen atoms in total. The van der Waals surface area contributed by atoms with Crippen LogP contribution in [0.3, 0.4) is 0 Å². The predicted molar refractivity (Wildman–Crippen MR) is 141 cm³/mol. The minimum absolute atomic E-state index is 0.0293. The number of esters is 1. The van der Waals surface area contributed by atoms with Crippen LogP contribution >= 0.6 is 11.6 Å². The van der Waals surface area contributed by atoms with Crippen molar-refractivity contribution in [1.29, 1.82) is 0 Å². The number of nitrogens with two attached hydrogens (primary N) is 1. The number of hydrogen-bond acceptors (Lipinski definition) is 10. The van der Waals surface area contributed by atoms with E-state index in [1.807, 2.05) is 30.3 Å². The number of fused-ring (bicyclic) bond motifs is 2. The second-order valence-electron chi connectivity index (χ2n) is 9.84. The van der Waals surface area contributed by atoms with Crippen molar-refractivity contribution in [3.63, 3.8) is 0 Å². The van der Waals surface area contributed by atoms with Crippen molar-refractivity contribution in [3.8, 4) is 11.1 Å². The lowest BCUT2D eigenvalue weighted by Gasteiger charge is -2.30. The summed E-state index contributed by atoms with van der Waals surface area (Å²) in [5, 5.41) is 21.2. The van der Waals surface area contributed by atoms with Crippen LogP contribution in [0, 0.1) is 0 Å². The zero-order valence-corrected chi connectivity index (χ0v) is 22.1. The van der Waals surface area contributed by atoms with E-state index in [9.17, 15) is 19.8 Å². The van der Waals surface area contributed by atoms with Crippen LogP contribution in [0.25, 0.3) is 22.3 Å². The highest BCUT2D eigenvalue weighted by molar-refractivity contribution is 6.28. The molecule has 0 spiro atoms. The largest absolute Gasteiger partial charge is 0.479 e. The van der Waals surface area contributed by atoms with Gasteiger partial charge in [-0.25, -0.2) is 19.0 Å². The Hall–Kier alpha value is -4.17. The number of imidazole rings is 1. The fourth-order valence-electron chi connectivity index (χ4n) is 5.22. The highest BCUT2D eigenvalue weighted by Crippen LogP contribution is 2.58. The number of rotatable bonds is 8. The summed E-state index contributed by atoms with van der Waals surface area (Å²) in [4.78, 5) is 37.3. The molecule has 6 rings (SSSR count).